The smallest absolute Gasteiger partial charge is 0.406 e. The van der Waals surface area contributed by atoms with Crippen molar-refractivity contribution >= 4 is 16.8 Å². The molecule has 4 nitrogen and oxygen atoms in total. The number of ether oxygens (including phenoxy) is 1. The molecular weight excluding hydrogens is 496 g/mol. The van der Waals surface area contributed by atoms with Gasteiger partial charge in [0.2, 0.25) is 0 Å². The maximum atomic E-state index is 14.6. The summed E-state index contributed by atoms with van der Waals surface area (Å²) in [7, 11) is 0. The van der Waals surface area contributed by atoms with Gasteiger partial charge in [-0.1, -0.05) is 57.2 Å². The highest BCUT2D eigenvalue weighted by molar-refractivity contribution is 6.06. The first-order valence-corrected chi connectivity index (χ1v) is 12.3. The van der Waals surface area contributed by atoms with Gasteiger partial charge in [0.15, 0.2) is 0 Å². The number of amides is 1. The first-order valence-electron chi connectivity index (χ1n) is 12.3. The minimum atomic E-state index is -4.79. The summed E-state index contributed by atoms with van der Waals surface area (Å²) in [4.78, 5) is 18.4. The van der Waals surface area contributed by atoms with E-state index in [0.717, 1.165) is 11.1 Å². The van der Waals surface area contributed by atoms with Crippen LogP contribution < -0.4 is 4.74 Å². The number of carbonyl (C=O) groups is 1. The summed E-state index contributed by atoms with van der Waals surface area (Å²) < 4.78 is 56.7. The molecule has 0 unspecified atom stereocenters. The number of hydrogen-bond acceptors (Lipinski definition) is 2. The molecule has 1 N–H and O–H groups in total. The van der Waals surface area contributed by atoms with E-state index in [-0.39, 0.29) is 36.0 Å². The molecule has 1 aromatic heterocycles. The molecule has 4 rings (SSSR count). The largest absolute Gasteiger partial charge is 0.573 e. The van der Waals surface area contributed by atoms with Gasteiger partial charge in [0.05, 0.1) is 11.1 Å². The molecule has 0 aliphatic rings. The SMILES string of the molecule is Cc1cc(C(=O)N(CCc2cccc(OC(F)(F)F)c2)Cc2ccc(C(C)(C)C)cc2)c2[nH]ccc2c1F. The molecule has 0 bridgehead atoms. The van der Waals surface area contributed by atoms with Crippen LogP contribution in [-0.4, -0.2) is 28.7 Å². The van der Waals surface area contributed by atoms with Gasteiger partial charge in [-0.05, 0) is 65.3 Å². The fourth-order valence-electron chi connectivity index (χ4n) is 4.42. The Hall–Kier alpha value is -3.81. The fraction of sp³-hybridized carbons (Fsp3) is 0.300. The van der Waals surface area contributed by atoms with Crippen LogP contribution in [0.15, 0.2) is 66.9 Å². The minimum absolute atomic E-state index is 0.0254. The number of halogens is 4. The minimum Gasteiger partial charge on any atom is -0.406 e. The van der Waals surface area contributed by atoms with E-state index in [9.17, 15) is 22.4 Å². The summed E-state index contributed by atoms with van der Waals surface area (Å²) in [5, 5.41) is 0.333. The van der Waals surface area contributed by atoms with Crippen molar-refractivity contribution in [2.45, 2.75) is 52.4 Å². The Morgan fingerprint density at radius 3 is 2.34 bits per heavy atom. The first-order chi connectivity index (χ1) is 17.8. The molecule has 0 aliphatic heterocycles. The van der Waals surface area contributed by atoms with E-state index >= 15 is 0 Å². The van der Waals surface area contributed by atoms with Crippen LogP contribution in [0, 0.1) is 12.7 Å². The van der Waals surface area contributed by atoms with Crippen molar-refractivity contribution in [3.05, 3.63) is 100 Å². The highest BCUT2D eigenvalue weighted by atomic mass is 19.4. The quantitative estimate of drug-likeness (QED) is 0.251. The number of H-pyrrole nitrogens is 1. The Labute approximate surface area is 219 Å². The van der Waals surface area contributed by atoms with E-state index < -0.39 is 6.36 Å². The number of nitrogens with zero attached hydrogens (tertiary/aromatic N) is 1. The number of aromatic amines is 1. The van der Waals surface area contributed by atoms with E-state index in [0.29, 0.717) is 34.0 Å². The third-order valence-electron chi connectivity index (χ3n) is 6.47. The van der Waals surface area contributed by atoms with Gasteiger partial charge in [-0.15, -0.1) is 13.2 Å². The molecule has 0 saturated carbocycles. The molecule has 8 heteroatoms. The van der Waals surface area contributed by atoms with Crippen LogP contribution in [0.4, 0.5) is 17.6 Å². The van der Waals surface area contributed by atoms with Crippen molar-refractivity contribution in [3.8, 4) is 5.75 Å². The number of hydrogen-bond donors (Lipinski definition) is 1. The van der Waals surface area contributed by atoms with Gasteiger partial charge in [-0.25, -0.2) is 4.39 Å². The fourth-order valence-corrected chi connectivity index (χ4v) is 4.42. The van der Waals surface area contributed by atoms with Crippen LogP contribution in [0.3, 0.4) is 0 Å². The summed E-state index contributed by atoms with van der Waals surface area (Å²) in [6.07, 6.45) is -2.90. The van der Waals surface area contributed by atoms with Crippen molar-refractivity contribution in [1.82, 2.24) is 9.88 Å². The second-order valence-electron chi connectivity index (χ2n) is 10.4. The van der Waals surface area contributed by atoms with Crippen LogP contribution in [-0.2, 0) is 18.4 Å². The first kappa shape index (κ1) is 27.2. The van der Waals surface area contributed by atoms with Crippen LogP contribution in [0.1, 0.15) is 53.4 Å². The number of fused-ring (bicyclic) bond motifs is 1. The van der Waals surface area contributed by atoms with E-state index in [1.807, 2.05) is 24.3 Å². The lowest BCUT2D eigenvalue weighted by Crippen LogP contribution is -2.33. The van der Waals surface area contributed by atoms with Crippen molar-refractivity contribution < 1.29 is 27.1 Å². The van der Waals surface area contributed by atoms with Crippen molar-refractivity contribution in [2.24, 2.45) is 0 Å². The molecule has 200 valence electrons. The summed E-state index contributed by atoms with van der Waals surface area (Å²) in [5.41, 5.74) is 3.73. The van der Waals surface area contributed by atoms with E-state index in [2.05, 4.69) is 30.5 Å². The second kappa shape index (κ2) is 10.5. The topological polar surface area (TPSA) is 45.3 Å². The maximum absolute atomic E-state index is 14.6. The number of alkyl halides is 3. The molecule has 0 radical (unpaired) electrons. The molecule has 0 atom stereocenters. The van der Waals surface area contributed by atoms with Crippen LogP contribution in [0.25, 0.3) is 10.9 Å². The number of aromatic nitrogens is 1. The van der Waals surface area contributed by atoms with Gasteiger partial charge in [0, 0.05) is 24.7 Å². The van der Waals surface area contributed by atoms with Gasteiger partial charge in [0.1, 0.15) is 11.6 Å². The summed E-state index contributed by atoms with van der Waals surface area (Å²) in [6, 6.07) is 16.9. The van der Waals surface area contributed by atoms with Gasteiger partial charge >= 0.3 is 6.36 Å². The Morgan fingerprint density at radius 1 is 0.974 bits per heavy atom. The summed E-state index contributed by atoms with van der Waals surface area (Å²) in [5.74, 6) is -1.00. The van der Waals surface area contributed by atoms with Crippen LogP contribution >= 0.6 is 0 Å². The van der Waals surface area contributed by atoms with E-state index in [1.54, 1.807) is 30.2 Å². The van der Waals surface area contributed by atoms with Crippen molar-refractivity contribution in [1.29, 1.82) is 0 Å². The summed E-state index contributed by atoms with van der Waals surface area (Å²) in [6.45, 7) is 8.47. The molecule has 0 spiro atoms. The molecule has 0 fully saturated rings. The third-order valence-corrected chi connectivity index (χ3v) is 6.47. The Morgan fingerprint density at radius 2 is 1.68 bits per heavy atom. The molecule has 0 aliphatic carbocycles. The predicted molar refractivity (Wildman–Crippen MR) is 140 cm³/mol. The average molecular weight is 527 g/mol. The van der Waals surface area contributed by atoms with Gasteiger partial charge < -0.3 is 14.6 Å². The Kier molecular flexibility index (Phi) is 7.54. The zero-order chi connectivity index (χ0) is 27.7. The number of benzene rings is 3. The predicted octanol–water partition coefficient (Wildman–Crippen LogP) is 7.70. The van der Waals surface area contributed by atoms with Gasteiger partial charge in [0.25, 0.3) is 5.91 Å². The number of carbonyl (C=O) groups excluding carboxylic acids is 1. The monoisotopic (exact) mass is 526 g/mol. The molecule has 3 aromatic carbocycles. The van der Waals surface area contributed by atoms with Crippen LogP contribution in [0.2, 0.25) is 0 Å². The standard InChI is InChI=1S/C30H30F4N2O2/c1-19-16-25(27-24(26(19)31)12-14-35-27)28(37)36(18-21-8-10-22(11-9-21)29(2,3)4)15-13-20-6-5-7-23(17-20)38-30(32,33)34/h5-12,14,16-17,35H,13,15,18H2,1-4H3. The average Bonchev–Trinajstić information content (AvgIpc) is 3.33. The van der Waals surface area contributed by atoms with Gasteiger partial charge in [-0.3, -0.25) is 4.79 Å². The zero-order valence-electron chi connectivity index (χ0n) is 21.7. The highest BCUT2D eigenvalue weighted by Crippen LogP contribution is 2.27. The van der Waals surface area contributed by atoms with E-state index in [4.69, 9.17) is 0 Å². The Bertz CT molecular complexity index is 1430. The lowest BCUT2D eigenvalue weighted by atomic mass is 9.87. The zero-order valence-corrected chi connectivity index (χ0v) is 21.7. The van der Waals surface area contributed by atoms with Crippen molar-refractivity contribution in [2.75, 3.05) is 6.54 Å². The lowest BCUT2D eigenvalue weighted by molar-refractivity contribution is -0.274. The third kappa shape index (κ3) is 6.36. The molecule has 4 aromatic rings. The number of aryl methyl sites for hydroxylation is 1. The number of nitrogens with one attached hydrogen (secondary N) is 1. The Balaban J connectivity index is 1.64. The molecule has 1 heterocycles. The van der Waals surface area contributed by atoms with Crippen molar-refractivity contribution in [3.63, 3.8) is 0 Å². The van der Waals surface area contributed by atoms with Crippen LogP contribution in [0.5, 0.6) is 5.75 Å². The highest BCUT2D eigenvalue weighted by Gasteiger charge is 2.31. The molecular formula is C30H30F4N2O2. The molecule has 38 heavy (non-hydrogen) atoms. The van der Waals surface area contributed by atoms with E-state index in [1.165, 1.54) is 24.3 Å². The maximum Gasteiger partial charge on any atom is 0.573 e. The second-order valence-corrected chi connectivity index (χ2v) is 10.4. The molecule has 0 saturated heterocycles. The molecule has 1 amide bonds. The normalized spacial score (nSPS) is 12.1. The lowest BCUT2D eigenvalue weighted by Gasteiger charge is -2.25. The summed E-state index contributed by atoms with van der Waals surface area (Å²) >= 11 is 0. The number of rotatable bonds is 7. The van der Waals surface area contributed by atoms with Gasteiger partial charge in [-0.2, -0.15) is 0 Å².